The van der Waals surface area contributed by atoms with Crippen LogP contribution in [-0.2, 0) is 0 Å². The second-order valence-corrected chi connectivity index (χ2v) is 4.84. The fraction of sp³-hybridized carbons (Fsp3) is 0.0625. The maximum atomic E-state index is 4.58. The number of hydrogen-bond acceptors (Lipinski definition) is 3. The number of H-pyrrole nitrogens is 1. The normalized spacial score (nSPS) is 11.2. The molecule has 0 aliphatic heterocycles. The molecule has 3 heterocycles. The van der Waals surface area contributed by atoms with E-state index >= 15 is 0 Å². The lowest BCUT2D eigenvalue weighted by atomic mass is 10.1. The van der Waals surface area contributed by atoms with E-state index in [9.17, 15) is 0 Å². The van der Waals surface area contributed by atoms with E-state index in [1.54, 1.807) is 0 Å². The summed E-state index contributed by atoms with van der Waals surface area (Å²) in [5, 5.41) is 1.09. The summed E-state index contributed by atoms with van der Waals surface area (Å²) in [5.41, 5.74) is 4.83. The quantitative estimate of drug-likeness (QED) is 0.570. The van der Waals surface area contributed by atoms with Crippen LogP contribution < -0.4 is 0 Å². The van der Waals surface area contributed by atoms with Gasteiger partial charge in [0.05, 0.1) is 11.0 Å². The summed E-state index contributed by atoms with van der Waals surface area (Å²) in [6.45, 7) is 2.02. The molecule has 0 bridgehead atoms. The molecule has 4 aromatic rings. The van der Waals surface area contributed by atoms with Gasteiger partial charge in [-0.1, -0.05) is 18.2 Å². The van der Waals surface area contributed by atoms with Gasteiger partial charge >= 0.3 is 0 Å². The van der Waals surface area contributed by atoms with Gasteiger partial charge in [-0.3, -0.25) is 4.98 Å². The third-order valence-corrected chi connectivity index (χ3v) is 3.38. The predicted molar refractivity (Wildman–Crippen MR) is 79.4 cm³/mol. The van der Waals surface area contributed by atoms with Crippen molar-refractivity contribution in [1.82, 2.24) is 19.9 Å². The Morgan fingerprint density at radius 3 is 2.90 bits per heavy atom. The summed E-state index contributed by atoms with van der Waals surface area (Å²) in [4.78, 5) is 16.7. The average molecular weight is 260 g/mol. The Morgan fingerprint density at radius 1 is 1.05 bits per heavy atom. The minimum Gasteiger partial charge on any atom is -0.337 e. The van der Waals surface area contributed by atoms with Gasteiger partial charge < -0.3 is 4.98 Å². The second kappa shape index (κ2) is 4.13. The van der Waals surface area contributed by atoms with E-state index in [1.807, 2.05) is 43.6 Å². The molecule has 0 saturated heterocycles. The van der Waals surface area contributed by atoms with Crippen molar-refractivity contribution in [3.05, 3.63) is 54.4 Å². The van der Waals surface area contributed by atoms with Crippen LogP contribution in [0.25, 0.3) is 33.5 Å². The van der Waals surface area contributed by atoms with Crippen LogP contribution in [0.4, 0.5) is 0 Å². The van der Waals surface area contributed by atoms with Crippen LogP contribution in [0.2, 0.25) is 0 Å². The zero-order chi connectivity index (χ0) is 13.5. The SMILES string of the molecule is Cc1cnc2nc(-c3ccnc4ccccc34)[nH]c2c1. The van der Waals surface area contributed by atoms with Crippen LogP contribution in [0.5, 0.6) is 0 Å². The molecule has 1 aromatic carbocycles. The van der Waals surface area contributed by atoms with Crippen molar-refractivity contribution in [1.29, 1.82) is 0 Å². The van der Waals surface area contributed by atoms with Crippen molar-refractivity contribution in [3.8, 4) is 11.4 Å². The lowest BCUT2D eigenvalue weighted by Crippen LogP contribution is -1.85. The Hall–Kier alpha value is -2.75. The second-order valence-electron chi connectivity index (χ2n) is 4.84. The molecule has 3 aromatic heterocycles. The van der Waals surface area contributed by atoms with Crippen LogP contribution in [0.1, 0.15) is 5.56 Å². The van der Waals surface area contributed by atoms with Crippen molar-refractivity contribution < 1.29 is 0 Å². The van der Waals surface area contributed by atoms with Gasteiger partial charge in [0.25, 0.3) is 0 Å². The standard InChI is InChI=1S/C16H12N4/c1-10-8-14-16(18-9-10)20-15(19-14)12-6-7-17-13-5-3-2-4-11(12)13/h2-9H,1H3,(H,18,19,20). The van der Waals surface area contributed by atoms with Gasteiger partial charge in [0.2, 0.25) is 0 Å². The van der Waals surface area contributed by atoms with Crippen LogP contribution in [0.15, 0.2) is 48.8 Å². The van der Waals surface area contributed by atoms with E-state index in [1.165, 1.54) is 0 Å². The van der Waals surface area contributed by atoms with Crippen molar-refractivity contribution >= 4 is 22.1 Å². The van der Waals surface area contributed by atoms with Crippen molar-refractivity contribution in [2.24, 2.45) is 0 Å². The number of fused-ring (bicyclic) bond motifs is 2. The van der Waals surface area contributed by atoms with Gasteiger partial charge in [-0.25, -0.2) is 9.97 Å². The largest absolute Gasteiger partial charge is 0.337 e. The number of benzene rings is 1. The summed E-state index contributed by atoms with van der Waals surface area (Å²) in [5.74, 6) is 0.830. The maximum Gasteiger partial charge on any atom is 0.178 e. The molecule has 4 heteroatoms. The maximum absolute atomic E-state index is 4.58. The number of imidazole rings is 1. The molecule has 0 amide bonds. The Labute approximate surface area is 115 Å². The Bertz CT molecular complexity index is 919. The molecular weight excluding hydrogens is 248 g/mol. The monoisotopic (exact) mass is 260 g/mol. The lowest BCUT2D eigenvalue weighted by Gasteiger charge is -2.02. The van der Waals surface area contributed by atoms with Gasteiger partial charge in [0, 0.05) is 23.3 Å². The Balaban J connectivity index is 2.01. The number of rotatable bonds is 1. The molecule has 4 nitrogen and oxygen atoms in total. The van der Waals surface area contributed by atoms with Gasteiger partial charge in [-0.05, 0) is 30.7 Å². The van der Waals surface area contributed by atoms with E-state index in [0.29, 0.717) is 0 Å². The van der Waals surface area contributed by atoms with E-state index in [4.69, 9.17) is 0 Å². The first-order chi connectivity index (χ1) is 9.81. The summed E-state index contributed by atoms with van der Waals surface area (Å²) < 4.78 is 0. The van der Waals surface area contributed by atoms with E-state index in [0.717, 1.165) is 39.0 Å². The zero-order valence-corrected chi connectivity index (χ0v) is 11.0. The summed E-state index contributed by atoms with van der Waals surface area (Å²) in [6, 6.07) is 12.1. The molecule has 0 saturated carbocycles. The zero-order valence-electron chi connectivity index (χ0n) is 11.0. The molecule has 0 unspecified atom stereocenters. The molecule has 20 heavy (non-hydrogen) atoms. The van der Waals surface area contributed by atoms with Crippen LogP contribution in [0, 0.1) is 6.92 Å². The van der Waals surface area contributed by atoms with Crippen molar-refractivity contribution in [2.45, 2.75) is 6.92 Å². The molecule has 0 aliphatic carbocycles. The van der Waals surface area contributed by atoms with Gasteiger partial charge in [0.15, 0.2) is 5.65 Å². The highest BCUT2D eigenvalue weighted by atomic mass is 15.0. The van der Waals surface area contributed by atoms with Crippen molar-refractivity contribution in [2.75, 3.05) is 0 Å². The smallest absolute Gasteiger partial charge is 0.178 e. The molecule has 1 N–H and O–H groups in total. The van der Waals surface area contributed by atoms with Crippen LogP contribution in [0.3, 0.4) is 0 Å². The van der Waals surface area contributed by atoms with Crippen LogP contribution in [-0.4, -0.2) is 19.9 Å². The topological polar surface area (TPSA) is 54.5 Å². The number of aromatic nitrogens is 4. The first kappa shape index (κ1) is 11.1. The predicted octanol–water partition coefficient (Wildman–Crippen LogP) is 3.48. The first-order valence-electron chi connectivity index (χ1n) is 6.48. The van der Waals surface area contributed by atoms with Gasteiger partial charge in [-0.2, -0.15) is 0 Å². The fourth-order valence-electron chi connectivity index (χ4n) is 2.43. The van der Waals surface area contributed by atoms with Crippen molar-refractivity contribution in [3.63, 3.8) is 0 Å². The average Bonchev–Trinajstić information content (AvgIpc) is 2.89. The molecule has 96 valence electrons. The molecule has 4 rings (SSSR count). The fourth-order valence-corrected chi connectivity index (χ4v) is 2.43. The number of pyridine rings is 2. The summed E-state index contributed by atoms with van der Waals surface area (Å²) in [7, 11) is 0. The van der Waals surface area contributed by atoms with E-state index in [2.05, 4.69) is 32.1 Å². The van der Waals surface area contributed by atoms with E-state index in [-0.39, 0.29) is 0 Å². The minimum absolute atomic E-state index is 0.742. The molecule has 0 atom stereocenters. The molecule has 0 aliphatic rings. The van der Waals surface area contributed by atoms with Gasteiger partial charge in [-0.15, -0.1) is 0 Å². The molecule has 0 spiro atoms. The Kier molecular flexibility index (Phi) is 2.29. The lowest BCUT2D eigenvalue weighted by molar-refractivity contribution is 1.28. The molecule has 0 radical (unpaired) electrons. The Morgan fingerprint density at radius 2 is 1.95 bits per heavy atom. The number of para-hydroxylation sites is 1. The van der Waals surface area contributed by atoms with E-state index < -0.39 is 0 Å². The van der Waals surface area contributed by atoms with Gasteiger partial charge in [0.1, 0.15) is 5.82 Å². The molecule has 0 fully saturated rings. The number of nitrogens with zero attached hydrogens (tertiary/aromatic N) is 3. The minimum atomic E-state index is 0.742. The highest BCUT2D eigenvalue weighted by Gasteiger charge is 2.09. The number of aryl methyl sites for hydroxylation is 1. The molecular formula is C16H12N4. The highest BCUT2D eigenvalue weighted by Crippen LogP contribution is 2.26. The summed E-state index contributed by atoms with van der Waals surface area (Å²) >= 11 is 0. The number of hydrogen-bond donors (Lipinski definition) is 1. The third-order valence-electron chi connectivity index (χ3n) is 3.38. The third kappa shape index (κ3) is 1.66. The number of aromatic amines is 1. The van der Waals surface area contributed by atoms with Crippen LogP contribution >= 0.6 is 0 Å². The first-order valence-corrected chi connectivity index (χ1v) is 6.48. The summed E-state index contributed by atoms with van der Waals surface area (Å²) in [6.07, 6.45) is 3.64. The highest BCUT2D eigenvalue weighted by molar-refractivity contribution is 5.93. The number of nitrogens with one attached hydrogen (secondary N) is 1.